The van der Waals surface area contributed by atoms with E-state index in [2.05, 4.69) is 9.88 Å². The average Bonchev–Trinajstić information content (AvgIpc) is 2.40. The van der Waals surface area contributed by atoms with Gasteiger partial charge in [-0.25, -0.2) is 4.98 Å². The molecule has 1 aliphatic rings. The lowest BCUT2D eigenvalue weighted by Gasteiger charge is -2.36. The van der Waals surface area contributed by atoms with Gasteiger partial charge in [0.2, 0.25) is 0 Å². The molecule has 2 heterocycles. The van der Waals surface area contributed by atoms with E-state index in [-0.39, 0.29) is 24.2 Å². The van der Waals surface area contributed by atoms with Gasteiger partial charge in [0.05, 0.1) is 0 Å². The number of rotatable bonds is 4. The fourth-order valence-electron chi connectivity index (χ4n) is 2.75. The molecule has 1 atom stereocenters. The summed E-state index contributed by atoms with van der Waals surface area (Å²) in [6, 6.07) is 0.372. The SMILES string of the molecule is CC(C)n1ccnc(N2CCCCC2CCO)c1=O. The highest BCUT2D eigenvalue weighted by atomic mass is 16.3. The van der Waals surface area contributed by atoms with E-state index < -0.39 is 0 Å². The molecule has 1 aromatic heterocycles. The largest absolute Gasteiger partial charge is 0.396 e. The van der Waals surface area contributed by atoms with Crippen LogP contribution in [-0.2, 0) is 0 Å². The minimum absolute atomic E-state index is 0.0256. The molecule has 1 unspecified atom stereocenters. The first-order valence-corrected chi connectivity index (χ1v) is 7.09. The number of aromatic nitrogens is 2. The number of piperidine rings is 1. The molecule has 1 fully saturated rings. The van der Waals surface area contributed by atoms with Gasteiger partial charge in [-0.2, -0.15) is 0 Å². The van der Waals surface area contributed by atoms with Crippen LogP contribution in [0.1, 0.15) is 45.6 Å². The van der Waals surface area contributed by atoms with Crippen LogP contribution in [0.4, 0.5) is 5.82 Å². The van der Waals surface area contributed by atoms with Crippen LogP contribution in [0.3, 0.4) is 0 Å². The molecule has 1 N–H and O–H groups in total. The maximum atomic E-state index is 12.5. The first kappa shape index (κ1) is 14.1. The van der Waals surface area contributed by atoms with Crippen molar-refractivity contribution in [1.29, 1.82) is 0 Å². The first-order chi connectivity index (χ1) is 9.15. The van der Waals surface area contributed by atoms with E-state index in [0.29, 0.717) is 12.2 Å². The lowest BCUT2D eigenvalue weighted by Crippen LogP contribution is -2.44. The summed E-state index contributed by atoms with van der Waals surface area (Å²) >= 11 is 0. The maximum Gasteiger partial charge on any atom is 0.293 e. The number of aliphatic hydroxyl groups is 1. The van der Waals surface area contributed by atoms with Crippen LogP contribution in [0.2, 0.25) is 0 Å². The average molecular weight is 265 g/mol. The summed E-state index contributed by atoms with van der Waals surface area (Å²) in [6.45, 7) is 5.00. The number of hydrogen-bond donors (Lipinski definition) is 1. The van der Waals surface area contributed by atoms with Crippen molar-refractivity contribution in [2.75, 3.05) is 18.1 Å². The molecule has 0 aliphatic carbocycles. The summed E-state index contributed by atoms with van der Waals surface area (Å²) in [6.07, 6.45) is 7.41. The van der Waals surface area contributed by atoms with Gasteiger partial charge in [0.1, 0.15) is 0 Å². The molecule has 1 saturated heterocycles. The zero-order chi connectivity index (χ0) is 13.8. The Balaban J connectivity index is 2.34. The van der Waals surface area contributed by atoms with Gasteiger partial charge in [-0.15, -0.1) is 0 Å². The minimum Gasteiger partial charge on any atom is -0.396 e. The van der Waals surface area contributed by atoms with Crippen LogP contribution < -0.4 is 10.5 Å². The van der Waals surface area contributed by atoms with Gasteiger partial charge in [0.25, 0.3) is 5.56 Å². The summed E-state index contributed by atoms with van der Waals surface area (Å²) in [4.78, 5) is 18.8. The molecule has 2 rings (SSSR count). The van der Waals surface area contributed by atoms with E-state index >= 15 is 0 Å². The lowest BCUT2D eigenvalue weighted by molar-refractivity contribution is 0.262. The molecule has 0 saturated carbocycles. The van der Waals surface area contributed by atoms with E-state index in [1.807, 2.05) is 13.8 Å². The van der Waals surface area contributed by atoms with Crippen molar-refractivity contribution in [1.82, 2.24) is 9.55 Å². The number of nitrogens with zero attached hydrogens (tertiary/aromatic N) is 3. The predicted molar refractivity (Wildman–Crippen MR) is 75.6 cm³/mol. The van der Waals surface area contributed by atoms with Crippen molar-refractivity contribution in [2.24, 2.45) is 0 Å². The van der Waals surface area contributed by atoms with Crippen LogP contribution in [0.25, 0.3) is 0 Å². The molecule has 0 spiro atoms. The minimum atomic E-state index is -0.0256. The highest BCUT2D eigenvalue weighted by molar-refractivity contribution is 5.38. The zero-order valence-electron chi connectivity index (χ0n) is 11.7. The Morgan fingerprint density at radius 1 is 1.47 bits per heavy atom. The molecule has 1 aliphatic heterocycles. The Morgan fingerprint density at radius 2 is 2.26 bits per heavy atom. The summed E-state index contributed by atoms with van der Waals surface area (Å²) in [5, 5.41) is 9.16. The van der Waals surface area contributed by atoms with Crippen LogP contribution in [0.5, 0.6) is 0 Å². The highest BCUT2D eigenvalue weighted by Gasteiger charge is 2.25. The number of aliphatic hydroxyl groups excluding tert-OH is 1. The summed E-state index contributed by atoms with van der Waals surface area (Å²) in [5.41, 5.74) is -0.0256. The molecule has 106 valence electrons. The summed E-state index contributed by atoms with van der Waals surface area (Å²) in [7, 11) is 0. The fourth-order valence-corrected chi connectivity index (χ4v) is 2.75. The van der Waals surface area contributed by atoms with Crippen molar-refractivity contribution in [2.45, 2.75) is 51.6 Å². The van der Waals surface area contributed by atoms with E-state index in [4.69, 9.17) is 5.11 Å². The van der Waals surface area contributed by atoms with Gasteiger partial charge in [-0.1, -0.05) is 0 Å². The standard InChI is InChI=1S/C14H23N3O2/c1-11(2)16-9-7-15-13(14(16)19)17-8-4-3-5-12(17)6-10-18/h7,9,11-12,18H,3-6,8,10H2,1-2H3. The molecule has 0 aromatic carbocycles. The summed E-state index contributed by atoms with van der Waals surface area (Å²) < 4.78 is 1.72. The Morgan fingerprint density at radius 3 is 2.95 bits per heavy atom. The van der Waals surface area contributed by atoms with Gasteiger partial charge < -0.3 is 14.6 Å². The topological polar surface area (TPSA) is 58.4 Å². The van der Waals surface area contributed by atoms with Crippen LogP contribution in [-0.4, -0.2) is 33.9 Å². The molecule has 19 heavy (non-hydrogen) atoms. The van der Waals surface area contributed by atoms with Gasteiger partial charge in [-0.3, -0.25) is 4.79 Å². The third-order valence-corrected chi connectivity index (χ3v) is 3.77. The van der Waals surface area contributed by atoms with Gasteiger partial charge in [0.15, 0.2) is 5.82 Å². The van der Waals surface area contributed by atoms with Crippen molar-refractivity contribution >= 4 is 5.82 Å². The number of anilines is 1. The van der Waals surface area contributed by atoms with Crippen LogP contribution >= 0.6 is 0 Å². The molecule has 1 aromatic rings. The number of hydrogen-bond acceptors (Lipinski definition) is 4. The highest BCUT2D eigenvalue weighted by Crippen LogP contribution is 2.22. The molecule has 0 bridgehead atoms. The van der Waals surface area contributed by atoms with Crippen LogP contribution in [0.15, 0.2) is 17.2 Å². The monoisotopic (exact) mass is 265 g/mol. The molecule has 5 nitrogen and oxygen atoms in total. The van der Waals surface area contributed by atoms with Crippen molar-refractivity contribution in [3.8, 4) is 0 Å². The normalized spacial score (nSPS) is 20.0. The van der Waals surface area contributed by atoms with E-state index in [1.165, 1.54) is 0 Å². The second kappa shape index (κ2) is 6.19. The molecule has 0 radical (unpaired) electrons. The quantitative estimate of drug-likeness (QED) is 0.897. The predicted octanol–water partition coefficient (Wildman–Crippen LogP) is 1.57. The Kier molecular flexibility index (Phi) is 4.58. The second-order valence-corrected chi connectivity index (χ2v) is 5.41. The van der Waals surface area contributed by atoms with Crippen molar-refractivity contribution in [3.05, 3.63) is 22.7 Å². The molecular formula is C14H23N3O2. The van der Waals surface area contributed by atoms with Gasteiger partial charge in [0, 0.05) is 37.6 Å². The smallest absolute Gasteiger partial charge is 0.293 e. The second-order valence-electron chi connectivity index (χ2n) is 5.41. The van der Waals surface area contributed by atoms with E-state index in [1.54, 1.807) is 17.0 Å². The maximum absolute atomic E-state index is 12.5. The molecule has 5 heteroatoms. The third kappa shape index (κ3) is 2.97. The van der Waals surface area contributed by atoms with Gasteiger partial charge in [-0.05, 0) is 39.5 Å². The zero-order valence-corrected chi connectivity index (χ0v) is 11.7. The van der Waals surface area contributed by atoms with Gasteiger partial charge >= 0.3 is 0 Å². The van der Waals surface area contributed by atoms with Crippen molar-refractivity contribution in [3.63, 3.8) is 0 Å². The first-order valence-electron chi connectivity index (χ1n) is 7.09. The summed E-state index contributed by atoms with van der Waals surface area (Å²) in [5.74, 6) is 0.536. The molecule has 0 amide bonds. The molecular weight excluding hydrogens is 242 g/mol. The fraction of sp³-hybridized carbons (Fsp3) is 0.714. The third-order valence-electron chi connectivity index (χ3n) is 3.77. The van der Waals surface area contributed by atoms with Crippen LogP contribution in [0, 0.1) is 0 Å². The Labute approximate surface area is 113 Å². The lowest BCUT2D eigenvalue weighted by atomic mass is 10.00. The Bertz CT molecular complexity index is 468. The Hall–Kier alpha value is -1.36. The van der Waals surface area contributed by atoms with E-state index in [0.717, 1.165) is 25.8 Å². The van der Waals surface area contributed by atoms with E-state index in [9.17, 15) is 4.79 Å². The van der Waals surface area contributed by atoms with Crippen molar-refractivity contribution < 1.29 is 5.11 Å².